The van der Waals surface area contributed by atoms with E-state index in [1.165, 1.54) is 36.7 Å². The largest absolute Gasteiger partial charge is 0.619 e. The molecule has 3 aromatic rings. The topological polar surface area (TPSA) is 112 Å². The van der Waals surface area contributed by atoms with Gasteiger partial charge in [0.2, 0.25) is 0 Å². The summed E-state index contributed by atoms with van der Waals surface area (Å²) in [5.74, 6) is -0.983. The first kappa shape index (κ1) is 16.9. The van der Waals surface area contributed by atoms with E-state index in [1.807, 2.05) is 0 Å². The molecule has 0 atom stereocenters. The number of amides is 2. The Morgan fingerprint density at radius 1 is 0.692 bits per heavy atom. The van der Waals surface area contributed by atoms with Crippen LogP contribution in [-0.2, 0) is 0 Å². The lowest BCUT2D eigenvalue weighted by molar-refractivity contribution is -0.605. The third-order valence-electron chi connectivity index (χ3n) is 3.50. The number of nitrogens with zero attached hydrogens (tertiary/aromatic N) is 2. The number of hydrogen-bond acceptors (Lipinski definition) is 4. The molecule has 0 saturated heterocycles. The quantitative estimate of drug-likeness (QED) is 0.548. The van der Waals surface area contributed by atoms with Crippen molar-refractivity contribution >= 4 is 23.2 Å². The Balaban J connectivity index is 1.80. The van der Waals surface area contributed by atoms with Gasteiger partial charge in [-0.05, 0) is 24.3 Å². The van der Waals surface area contributed by atoms with E-state index in [1.54, 1.807) is 24.3 Å². The zero-order valence-corrected chi connectivity index (χ0v) is 13.5. The van der Waals surface area contributed by atoms with Crippen molar-refractivity contribution in [3.05, 3.63) is 94.9 Å². The van der Waals surface area contributed by atoms with Crippen molar-refractivity contribution in [3.8, 4) is 0 Å². The third kappa shape index (κ3) is 3.93. The SMILES string of the molecule is O=C(Nc1ccccc1NC(=O)c1ccc[n+]([O-])c1)c1ccc[n+]([O-])c1. The second-order valence-electron chi connectivity index (χ2n) is 5.36. The van der Waals surface area contributed by atoms with Gasteiger partial charge in [-0.15, -0.1) is 0 Å². The van der Waals surface area contributed by atoms with Gasteiger partial charge >= 0.3 is 0 Å². The summed E-state index contributed by atoms with van der Waals surface area (Å²) in [6.07, 6.45) is 4.83. The first-order valence-corrected chi connectivity index (χ1v) is 7.62. The molecule has 0 spiro atoms. The van der Waals surface area contributed by atoms with Crippen molar-refractivity contribution in [3.63, 3.8) is 0 Å². The normalized spacial score (nSPS) is 10.2. The minimum Gasteiger partial charge on any atom is -0.619 e. The monoisotopic (exact) mass is 350 g/mol. The van der Waals surface area contributed by atoms with Crippen LogP contribution in [0.25, 0.3) is 0 Å². The fourth-order valence-corrected chi connectivity index (χ4v) is 2.27. The minimum atomic E-state index is -0.492. The summed E-state index contributed by atoms with van der Waals surface area (Å²) < 4.78 is 1.05. The van der Waals surface area contributed by atoms with Crippen LogP contribution < -0.4 is 20.1 Å². The molecule has 0 unspecified atom stereocenters. The van der Waals surface area contributed by atoms with Crippen molar-refractivity contribution < 1.29 is 19.0 Å². The van der Waals surface area contributed by atoms with E-state index < -0.39 is 11.8 Å². The highest BCUT2D eigenvalue weighted by molar-refractivity contribution is 6.09. The van der Waals surface area contributed by atoms with Gasteiger partial charge < -0.3 is 21.0 Å². The van der Waals surface area contributed by atoms with E-state index in [2.05, 4.69) is 10.6 Å². The van der Waals surface area contributed by atoms with Crippen molar-refractivity contribution in [2.24, 2.45) is 0 Å². The number of benzene rings is 1. The number of para-hydroxylation sites is 2. The molecule has 0 radical (unpaired) electrons. The van der Waals surface area contributed by atoms with Crippen molar-refractivity contribution in [1.29, 1.82) is 0 Å². The Morgan fingerprint density at radius 3 is 1.50 bits per heavy atom. The van der Waals surface area contributed by atoms with Crippen LogP contribution in [0.15, 0.2) is 73.3 Å². The average Bonchev–Trinajstić information content (AvgIpc) is 2.63. The van der Waals surface area contributed by atoms with Gasteiger partial charge in [0, 0.05) is 12.1 Å². The first-order valence-electron chi connectivity index (χ1n) is 7.62. The Bertz CT molecular complexity index is 896. The molecule has 2 heterocycles. The highest BCUT2D eigenvalue weighted by Gasteiger charge is 2.14. The minimum absolute atomic E-state index is 0.180. The van der Waals surface area contributed by atoms with Crippen molar-refractivity contribution in [2.75, 3.05) is 10.6 Å². The lowest BCUT2D eigenvalue weighted by Gasteiger charge is -2.12. The Kier molecular flexibility index (Phi) is 4.75. The third-order valence-corrected chi connectivity index (χ3v) is 3.50. The summed E-state index contributed by atoms with van der Waals surface area (Å²) in [5.41, 5.74) is 1.08. The molecule has 2 amide bonds. The van der Waals surface area contributed by atoms with E-state index in [4.69, 9.17) is 0 Å². The fraction of sp³-hybridized carbons (Fsp3) is 0. The number of carbonyl (C=O) groups is 2. The number of aromatic nitrogens is 2. The van der Waals surface area contributed by atoms with Crippen molar-refractivity contribution in [2.45, 2.75) is 0 Å². The number of rotatable bonds is 4. The van der Waals surface area contributed by atoms with Crippen LogP contribution >= 0.6 is 0 Å². The number of hydrogen-bond donors (Lipinski definition) is 2. The zero-order chi connectivity index (χ0) is 18.5. The van der Waals surface area contributed by atoms with Crippen molar-refractivity contribution in [1.82, 2.24) is 0 Å². The fourth-order valence-electron chi connectivity index (χ4n) is 2.27. The van der Waals surface area contributed by atoms with Gasteiger partial charge in [0.25, 0.3) is 11.8 Å². The maximum Gasteiger partial charge on any atom is 0.261 e. The number of pyridine rings is 2. The van der Waals surface area contributed by atoms with Crippen LogP contribution in [0.1, 0.15) is 20.7 Å². The summed E-state index contributed by atoms with van der Waals surface area (Å²) in [4.78, 5) is 24.6. The number of nitrogens with one attached hydrogen (secondary N) is 2. The standard InChI is InChI=1S/C18H14N4O4/c23-17(13-5-3-9-21(25)11-13)19-15-7-1-2-8-16(15)20-18(24)14-6-4-10-22(26)12-14/h1-12H,(H,19,23)(H,20,24). The second-order valence-corrected chi connectivity index (χ2v) is 5.36. The summed E-state index contributed by atoms with van der Waals surface area (Å²) >= 11 is 0. The molecule has 0 saturated carbocycles. The van der Waals surface area contributed by atoms with Crippen LogP contribution in [0, 0.1) is 10.4 Å². The van der Waals surface area contributed by atoms with E-state index >= 15 is 0 Å². The number of anilines is 2. The molecule has 2 N–H and O–H groups in total. The van der Waals surface area contributed by atoms with E-state index in [0.29, 0.717) is 20.8 Å². The summed E-state index contributed by atoms with van der Waals surface area (Å²) in [5, 5.41) is 27.9. The highest BCUT2D eigenvalue weighted by Crippen LogP contribution is 2.22. The van der Waals surface area contributed by atoms with Gasteiger partial charge in [-0.3, -0.25) is 9.59 Å². The van der Waals surface area contributed by atoms with E-state index in [9.17, 15) is 20.0 Å². The van der Waals surface area contributed by atoms with Crippen LogP contribution in [0.5, 0.6) is 0 Å². The van der Waals surface area contributed by atoms with Gasteiger partial charge in [0.15, 0.2) is 24.8 Å². The molecule has 0 bridgehead atoms. The molecule has 8 nitrogen and oxygen atoms in total. The predicted octanol–water partition coefficient (Wildman–Crippen LogP) is 1.46. The highest BCUT2D eigenvalue weighted by atomic mass is 16.5. The lowest BCUT2D eigenvalue weighted by Crippen LogP contribution is -2.28. The molecule has 0 aliphatic heterocycles. The molecule has 2 aromatic heterocycles. The van der Waals surface area contributed by atoms with Gasteiger partial charge in [-0.2, -0.15) is 9.46 Å². The molecule has 0 aliphatic rings. The molecule has 1 aromatic carbocycles. The molecule has 26 heavy (non-hydrogen) atoms. The van der Waals surface area contributed by atoms with Gasteiger partial charge in [0.1, 0.15) is 11.1 Å². The smallest absolute Gasteiger partial charge is 0.261 e. The Hall–Kier alpha value is -3.94. The van der Waals surface area contributed by atoms with E-state index in [0.717, 1.165) is 12.4 Å². The molecule has 3 rings (SSSR count). The first-order chi connectivity index (χ1) is 12.5. The maximum atomic E-state index is 12.3. The van der Waals surface area contributed by atoms with Gasteiger partial charge in [-0.1, -0.05) is 12.1 Å². The average molecular weight is 350 g/mol. The molecular formula is C18H14N4O4. The van der Waals surface area contributed by atoms with Crippen LogP contribution in [0.4, 0.5) is 11.4 Å². The Morgan fingerprint density at radius 2 is 1.12 bits per heavy atom. The lowest BCUT2D eigenvalue weighted by atomic mass is 10.2. The van der Waals surface area contributed by atoms with E-state index in [-0.39, 0.29) is 11.1 Å². The van der Waals surface area contributed by atoms with Gasteiger partial charge in [-0.25, -0.2) is 0 Å². The molecule has 0 aliphatic carbocycles. The van der Waals surface area contributed by atoms with Crippen LogP contribution in [0.3, 0.4) is 0 Å². The summed E-state index contributed by atoms with van der Waals surface area (Å²) in [7, 11) is 0. The summed E-state index contributed by atoms with van der Waals surface area (Å²) in [6.45, 7) is 0. The molecule has 130 valence electrons. The maximum absolute atomic E-state index is 12.3. The van der Waals surface area contributed by atoms with Gasteiger partial charge in [0.05, 0.1) is 11.4 Å². The number of carbonyl (C=O) groups excluding carboxylic acids is 2. The molecule has 8 heteroatoms. The van der Waals surface area contributed by atoms with Crippen LogP contribution in [-0.4, -0.2) is 11.8 Å². The predicted molar refractivity (Wildman–Crippen MR) is 93.2 cm³/mol. The molecule has 0 fully saturated rings. The molecular weight excluding hydrogens is 336 g/mol. The summed E-state index contributed by atoms with van der Waals surface area (Å²) in [6, 6.07) is 12.5. The van der Waals surface area contributed by atoms with Crippen LogP contribution in [0.2, 0.25) is 0 Å². The second kappa shape index (κ2) is 7.31. The Labute approximate surface area is 148 Å². The zero-order valence-electron chi connectivity index (χ0n) is 13.5.